The third kappa shape index (κ3) is 6.27. The molecule has 0 spiro atoms. The molecule has 5 atom stereocenters. The van der Waals surface area contributed by atoms with Gasteiger partial charge in [-0.1, -0.05) is 27.7 Å². The number of alkyl halides is 1. The number of imidazole rings is 1. The second-order valence-electron chi connectivity index (χ2n) is 9.89. The summed E-state index contributed by atoms with van der Waals surface area (Å²) >= 11 is 5.69. The first-order chi connectivity index (χ1) is 17.9. The van der Waals surface area contributed by atoms with Gasteiger partial charge in [0, 0.05) is 18.2 Å². The average Bonchev–Trinajstić information content (AvgIpc) is 3.32. The fourth-order valence-corrected chi connectivity index (χ4v) is 4.32. The standard InChI is InChI=1S/C25H33ClFN5O6/c1-7-35-22-18-21(30-24(28)31-22)32(12-29-18)23-25(27,8-9-26)20(37-17(34)11-14(4)5)19(38-23)15(6)36-16(33)10-13(2)3/h12-15,19-20,23H,7,10-11H2,1-6H3,(H2,28,30,31)/t15?,19-,20-,23-,25-/m1/s1. The first-order valence-electron chi connectivity index (χ1n) is 12.4. The van der Waals surface area contributed by atoms with Gasteiger partial charge in [-0.25, -0.2) is 9.37 Å². The number of hydrogen-bond acceptors (Lipinski definition) is 10. The number of ether oxygens (including phenoxy) is 4. The number of halogens is 2. The lowest BCUT2D eigenvalue weighted by Crippen LogP contribution is -2.48. The van der Waals surface area contributed by atoms with E-state index in [1.54, 1.807) is 6.92 Å². The summed E-state index contributed by atoms with van der Waals surface area (Å²) in [5.74, 6) is 1.09. The van der Waals surface area contributed by atoms with Crippen LogP contribution in [-0.4, -0.2) is 62.0 Å². The third-order valence-electron chi connectivity index (χ3n) is 5.73. The van der Waals surface area contributed by atoms with E-state index in [0.29, 0.717) is 0 Å². The molecular weight excluding hydrogens is 521 g/mol. The van der Waals surface area contributed by atoms with Crippen molar-refractivity contribution < 1.29 is 32.9 Å². The summed E-state index contributed by atoms with van der Waals surface area (Å²) in [6.45, 7) is 10.9. The van der Waals surface area contributed by atoms with Gasteiger partial charge in [0.15, 0.2) is 23.5 Å². The van der Waals surface area contributed by atoms with Crippen LogP contribution in [-0.2, 0) is 23.8 Å². The number of fused-ring (bicyclic) bond motifs is 1. The van der Waals surface area contributed by atoms with E-state index in [9.17, 15) is 9.59 Å². The van der Waals surface area contributed by atoms with Crippen molar-refractivity contribution in [1.29, 1.82) is 0 Å². The van der Waals surface area contributed by atoms with Gasteiger partial charge in [0.05, 0.1) is 12.9 Å². The molecule has 38 heavy (non-hydrogen) atoms. The van der Waals surface area contributed by atoms with E-state index in [-0.39, 0.29) is 54.3 Å². The number of carbonyl (C=O) groups is 2. The normalized spacial score (nSPS) is 23.8. The third-order valence-corrected chi connectivity index (χ3v) is 5.82. The summed E-state index contributed by atoms with van der Waals surface area (Å²) in [5, 5.41) is 2.06. The van der Waals surface area contributed by atoms with E-state index in [1.165, 1.54) is 17.8 Å². The topological polar surface area (TPSA) is 141 Å². The number of nitrogens with zero attached hydrogens (tertiary/aromatic N) is 4. The molecule has 0 radical (unpaired) electrons. The van der Waals surface area contributed by atoms with Crippen LogP contribution in [0.3, 0.4) is 0 Å². The van der Waals surface area contributed by atoms with Crippen LogP contribution in [0.15, 0.2) is 6.33 Å². The number of hydrogen-bond donors (Lipinski definition) is 1. The lowest BCUT2D eigenvalue weighted by atomic mass is 9.94. The fourth-order valence-electron chi connectivity index (χ4n) is 4.18. The van der Waals surface area contributed by atoms with Crippen molar-refractivity contribution >= 4 is 40.7 Å². The minimum atomic E-state index is -2.68. The lowest BCUT2D eigenvalue weighted by Gasteiger charge is -2.28. The first-order valence-corrected chi connectivity index (χ1v) is 12.8. The monoisotopic (exact) mass is 553 g/mol. The molecule has 0 bridgehead atoms. The highest BCUT2D eigenvalue weighted by Gasteiger charge is 2.62. The van der Waals surface area contributed by atoms with Crippen LogP contribution in [0.4, 0.5) is 10.3 Å². The van der Waals surface area contributed by atoms with Gasteiger partial charge in [-0.15, -0.1) is 0 Å². The molecule has 0 saturated carbocycles. The number of carbonyl (C=O) groups excluding carboxylic acids is 2. The van der Waals surface area contributed by atoms with Crippen molar-refractivity contribution in [2.45, 2.75) is 84.6 Å². The van der Waals surface area contributed by atoms with Crippen LogP contribution in [0, 0.1) is 23.1 Å². The zero-order valence-corrected chi connectivity index (χ0v) is 23.0. The SMILES string of the molecule is CCOc1nc(N)nc2c1ncn2[C@@H]1O[C@H](C(C)OC(=O)CC(C)C)[C@@H](OC(=O)CC(C)C)[C@]1(F)C#CCl. The first kappa shape index (κ1) is 29.4. The summed E-state index contributed by atoms with van der Waals surface area (Å²) in [6, 6.07) is 0. The Bertz CT molecular complexity index is 1230. The highest BCUT2D eigenvalue weighted by Crippen LogP contribution is 2.46. The summed E-state index contributed by atoms with van der Waals surface area (Å²) in [6.07, 6.45) is -3.98. The number of nitrogens with two attached hydrogens (primary N) is 1. The summed E-state index contributed by atoms with van der Waals surface area (Å²) in [7, 11) is 0. The van der Waals surface area contributed by atoms with Gasteiger partial charge in [-0.05, 0) is 43.2 Å². The van der Waals surface area contributed by atoms with Crippen LogP contribution in [0.5, 0.6) is 5.88 Å². The van der Waals surface area contributed by atoms with Crippen LogP contribution < -0.4 is 10.5 Å². The second-order valence-corrected chi connectivity index (χ2v) is 10.1. The van der Waals surface area contributed by atoms with Gasteiger partial charge in [0.1, 0.15) is 12.2 Å². The lowest BCUT2D eigenvalue weighted by molar-refractivity contribution is -0.168. The Morgan fingerprint density at radius 1 is 1.21 bits per heavy atom. The van der Waals surface area contributed by atoms with Gasteiger partial charge in [0.2, 0.25) is 11.8 Å². The molecule has 3 rings (SSSR count). The molecule has 13 heteroatoms. The van der Waals surface area contributed by atoms with Crippen molar-refractivity contribution in [3.05, 3.63) is 6.33 Å². The van der Waals surface area contributed by atoms with Crippen LogP contribution in [0.25, 0.3) is 11.2 Å². The largest absolute Gasteiger partial charge is 0.476 e. The Labute approximate surface area is 225 Å². The quantitative estimate of drug-likeness (QED) is 0.343. The molecule has 1 saturated heterocycles. The number of rotatable bonds is 10. The van der Waals surface area contributed by atoms with Crippen LogP contribution >= 0.6 is 11.6 Å². The van der Waals surface area contributed by atoms with Gasteiger partial charge in [0.25, 0.3) is 5.67 Å². The molecular formula is C25H33ClFN5O6. The molecule has 0 amide bonds. The van der Waals surface area contributed by atoms with Gasteiger partial charge < -0.3 is 24.7 Å². The van der Waals surface area contributed by atoms with Crippen molar-refractivity contribution in [2.24, 2.45) is 11.8 Å². The molecule has 0 aliphatic carbocycles. The van der Waals surface area contributed by atoms with E-state index < -0.39 is 42.1 Å². The molecule has 3 heterocycles. The molecule has 1 unspecified atom stereocenters. The summed E-state index contributed by atoms with van der Waals surface area (Å²) < 4.78 is 41.0. The Morgan fingerprint density at radius 2 is 1.87 bits per heavy atom. The molecule has 208 valence electrons. The highest BCUT2D eigenvalue weighted by atomic mass is 35.5. The zero-order chi connectivity index (χ0) is 28.2. The number of esters is 2. The average molecular weight is 554 g/mol. The Hall–Kier alpha value is -3.17. The maximum absolute atomic E-state index is 17.0. The molecule has 2 aromatic rings. The van der Waals surface area contributed by atoms with E-state index >= 15 is 4.39 Å². The van der Waals surface area contributed by atoms with Gasteiger partial charge >= 0.3 is 11.9 Å². The van der Waals surface area contributed by atoms with Crippen LogP contribution in [0.2, 0.25) is 0 Å². The minimum Gasteiger partial charge on any atom is -0.476 e. The van der Waals surface area contributed by atoms with E-state index in [4.69, 9.17) is 36.3 Å². The van der Waals surface area contributed by atoms with E-state index in [2.05, 4.69) is 26.3 Å². The van der Waals surface area contributed by atoms with Gasteiger partial charge in [-0.2, -0.15) is 9.97 Å². The zero-order valence-electron chi connectivity index (χ0n) is 22.2. The van der Waals surface area contributed by atoms with Gasteiger partial charge in [-0.3, -0.25) is 14.2 Å². The molecule has 2 aromatic heterocycles. The molecule has 1 aliphatic rings. The Morgan fingerprint density at radius 3 is 2.47 bits per heavy atom. The highest BCUT2D eigenvalue weighted by molar-refractivity contribution is 6.30. The summed E-state index contributed by atoms with van der Waals surface area (Å²) in [4.78, 5) is 37.6. The fraction of sp³-hybridized carbons (Fsp3) is 0.640. The minimum absolute atomic E-state index is 0.0231. The number of aromatic nitrogens is 4. The number of nitrogen functional groups attached to an aromatic ring is 1. The van der Waals surface area contributed by atoms with Crippen molar-refractivity contribution in [3.63, 3.8) is 0 Å². The molecule has 2 N–H and O–H groups in total. The van der Waals surface area contributed by atoms with Crippen LogP contribution in [0.1, 0.15) is 60.6 Å². The smallest absolute Gasteiger partial charge is 0.306 e. The van der Waals surface area contributed by atoms with Crippen molar-refractivity contribution in [2.75, 3.05) is 12.3 Å². The molecule has 0 aromatic carbocycles. The number of anilines is 1. The van der Waals surface area contributed by atoms with Crippen molar-refractivity contribution in [1.82, 2.24) is 19.5 Å². The van der Waals surface area contributed by atoms with Crippen molar-refractivity contribution in [3.8, 4) is 17.2 Å². The Kier molecular flexibility index (Phi) is 9.38. The predicted molar refractivity (Wildman–Crippen MR) is 137 cm³/mol. The Balaban J connectivity index is 2.10. The predicted octanol–water partition coefficient (Wildman–Crippen LogP) is 3.55. The maximum Gasteiger partial charge on any atom is 0.306 e. The maximum atomic E-state index is 17.0. The van der Waals surface area contributed by atoms with E-state index in [1.807, 2.05) is 27.7 Å². The molecule has 11 nitrogen and oxygen atoms in total. The van der Waals surface area contributed by atoms with E-state index in [0.717, 1.165) is 0 Å². The summed E-state index contributed by atoms with van der Waals surface area (Å²) in [5.41, 5.74) is 3.49. The molecule has 1 aliphatic heterocycles. The molecule has 1 fully saturated rings. The second kappa shape index (κ2) is 12.1.